The lowest BCUT2D eigenvalue weighted by Crippen LogP contribution is -1.96. The van der Waals surface area contributed by atoms with E-state index in [1.54, 1.807) is 30.3 Å². The number of ketones is 1. The number of aromatic nitrogens is 1. The summed E-state index contributed by atoms with van der Waals surface area (Å²) in [7, 11) is 0. The van der Waals surface area contributed by atoms with Gasteiger partial charge in [-0.1, -0.05) is 24.3 Å². The van der Waals surface area contributed by atoms with Gasteiger partial charge in [0.1, 0.15) is 5.69 Å². The van der Waals surface area contributed by atoms with Crippen molar-refractivity contribution >= 4 is 17.5 Å². The largest absolute Gasteiger partial charge is 0.288 e. The second-order valence-electron chi connectivity index (χ2n) is 3.76. The summed E-state index contributed by atoms with van der Waals surface area (Å²) in [5.74, 6) is -0.243. The molecule has 0 N–H and O–H groups in total. The normalized spacial score (nSPS) is 10.5. The molecule has 0 radical (unpaired) electrons. The highest BCUT2D eigenvalue weighted by Crippen LogP contribution is 2.14. The third-order valence-electron chi connectivity index (χ3n) is 2.43. The number of carbonyl (C=O) groups is 1. The number of nitro benzene ring substituents is 1. The minimum atomic E-state index is -0.474. The van der Waals surface area contributed by atoms with Gasteiger partial charge in [0, 0.05) is 18.3 Å². The fourth-order valence-corrected chi connectivity index (χ4v) is 1.51. The van der Waals surface area contributed by atoms with Crippen LogP contribution in [0.1, 0.15) is 16.1 Å². The lowest BCUT2D eigenvalue weighted by Gasteiger charge is -1.95. The quantitative estimate of drug-likeness (QED) is 0.364. The number of nitrogens with zero attached hydrogens (tertiary/aromatic N) is 2. The molecule has 94 valence electrons. The van der Waals surface area contributed by atoms with Gasteiger partial charge in [0.15, 0.2) is 0 Å². The van der Waals surface area contributed by atoms with E-state index in [4.69, 9.17) is 0 Å². The Hall–Kier alpha value is -2.82. The van der Waals surface area contributed by atoms with Crippen LogP contribution >= 0.6 is 0 Å². The van der Waals surface area contributed by atoms with Gasteiger partial charge in [0.2, 0.25) is 5.78 Å². The van der Waals surface area contributed by atoms with E-state index in [9.17, 15) is 14.9 Å². The predicted molar refractivity (Wildman–Crippen MR) is 70.7 cm³/mol. The molecule has 0 bridgehead atoms. The predicted octanol–water partition coefficient (Wildman–Crippen LogP) is 2.89. The molecule has 0 aliphatic rings. The maximum absolute atomic E-state index is 11.8. The Morgan fingerprint density at radius 1 is 1.21 bits per heavy atom. The summed E-state index contributed by atoms with van der Waals surface area (Å²) in [6.07, 6.45) is 4.42. The number of hydrogen-bond donors (Lipinski definition) is 0. The first-order valence-corrected chi connectivity index (χ1v) is 5.55. The molecule has 5 heteroatoms. The highest BCUT2D eigenvalue weighted by atomic mass is 16.6. The monoisotopic (exact) mass is 254 g/mol. The van der Waals surface area contributed by atoms with Crippen LogP contribution in [0.5, 0.6) is 0 Å². The Labute approximate surface area is 109 Å². The van der Waals surface area contributed by atoms with Crippen LogP contribution in [0, 0.1) is 10.1 Å². The molecular weight excluding hydrogens is 244 g/mol. The van der Waals surface area contributed by atoms with Crippen LogP contribution < -0.4 is 0 Å². The smallest absolute Gasteiger partial charge is 0.270 e. The van der Waals surface area contributed by atoms with Crippen molar-refractivity contribution in [3.8, 4) is 0 Å². The Kier molecular flexibility index (Phi) is 3.78. The van der Waals surface area contributed by atoms with E-state index in [0.717, 1.165) is 0 Å². The molecule has 1 aromatic carbocycles. The van der Waals surface area contributed by atoms with Crippen LogP contribution in [0.2, 0.25) is 0 Å². The minimum Gasteiger partial charge on any atom is -0.288 e. The Morgan fingerprint density at radius 3 is 2.74 bits per heavy atom. The van der Waals surface area contributed by atoms with Gasteiger partial charge in [0.05, 0.1) is 4.92 Å². The topological polar surface area (TPSA) is 73.1 Å². The summed E-state index contributed by atoms with van der Waals surface area (Å²) >= 11 is 0. The molecule has 0 saturated heterocycles. The van der Waals surface area contributed by atoms with Gasteiger partial charge in [-0.3, -0.25) is 19.9 Å². The summed E-state index contributed by atoms with van der Waals surface area (Å²) in [5.41, 5.74) is 0.926. The van der Waals surface area contributed by atoms with Crippen molar-refractivity contribution < 1.29 is 9.72 Å². The van der Waals surface area contributed by atoms with Gasteiger partial charge >= 0.3 is 0 Å². The number of pyridine rings is 1. The number of non-ortho nitro benzene ring substituents is 1. The molecule has 0 aliphatic heterocycles. The molecule has 2 aromatic rings. The minimum absolute atomic E-state index is 0.00700. The first kappa shape index (κ1) is 12.6. The van der Waals surface area contributed by atoms with Crippen molar-refractivity contribution in [2.24, 2.45) is 0 Å². The standard InChI is InChI=1S/C14H10N2O3/c17-14(13-6-1-2-9-15-13)8-7-11-4-3-5-12(10-11)16(18)19/h1-10H/b8-7-. The van der Waals surface area contributed by atoms with Crippen molar-refractivity contribution in [1.29, 1.82) is 0 Å². The van der Waals surface area contributed by atoms with Gasteiger partial charge in [-0.05, 0) is 23.8 Å². The summed E-state index contributed by atoms with van der Waals surface area (Å²) in [5, 5.41) is 10.6. The molecule has 0 fully saturated rings. The zero-order valence-electron chi connectivity index (χ0n) is 9.89. The summed E-state index contributed by atoms with van der Waals surface area (Å²) in [4.78, 5) is 25.8. The van der Waals surface area contributed by atoms with Crippen molar-refractivity contribution in [2.75, 3.05) is 0 Å². The molecule has 19 heavy (non-hydrogen) atoms. The third kappa shape index (κ3) is 3.32. The van der Waals surface area contributed by atoms with E-state index >= 15 is 0 Å². The first-order chi connectivity index (χ1) is 9.16. The van der Waals surface area contributed by atoms with Crippen LogP contribution in [-0.4, -0.2) is 15.7 Å². The lowest BCUT2D eigenvalue weighted by atomic mass is 10.1. The van der Waals surface area contributed by atoms with Gasteiger partial charge in [0.25, 0.3) is 5.69 Å². The van der Waals surface area contributed by atoms with Crippen LogP contribution in [-0.2, 0) is 0 Å². The summed E-state index contributed by atoms with van der Waals surface area (Å²) < 4.78 is 0. The SMILES string of the molecule is O=C(/C=C\c1cccc([N+](=O)[O-])c1)c1ccccn1. The Bertz CT molecular complexity index is 636. The van der Waals surface area contributed by atoms with E-state index < -0.39 is 4.92 Å². The molecule has 5 nitrogen and oxygen atoms in total. The molecule has 2 rings (SSSR count). The molecule has 0 spiro atoms. The lowest BCUT2D eigenvalue weighted by molar-refractivity contribution is -0.384. The second-order valence-corrected chi connectivity index (χ2v) is 3.76. The Balaban J connectivity index is 2.17. The maximum Gasteiger partial charge on any atom is 0.270 e. The van der Waals surface area contributed by atoms with Crippen LogP contribution in [0.3, 0.4) is 0 Å². The highest BCUT2D eigenvalue weighted by molar-refractivity contribution is 6.05. The van der Waals surface area contributed by atoms with Crippen molar-refractivity contribution in [1.82, 2.24) is 4.98 Å². The van der Waals surface area contributed by atoms with E-state index in [1.165, 1.54) is 30.5 Å². The van der Waals surface area contributed by atoms with E-state index in [1.807, 2.05) is 0 Å². The van der Waals surface area contributed by atoms with Gasteiger partial charge in [-0.2, -0.15) is 0 Å². The van der Waals surface area contributed by atoms with Crippen molar-refractivity contribution in [2.45, 2.75) is 0 Å². The van der Waals surface area contributed by atoms with Gasteiger partial charge < -0.3 is 0 Å². The third-order valence-corrected chi connectivity index (χ3v) is 2.43. The van der Waals surface area contributed by atoms with Gasteiger partial charge in [-0.25, -0.2) is 0 Å². The molecule has 0 saturated carbocycles. The number of allylic oxidation sites excluding steroid dienone is 1. The average Bonchev–Trinajstić information content (AvgIpc) is 2.46. The van der Waals surface area contributed by atoms with Crippen LogP contribution in [0.25, 0.3) is 6.08 Å². The number of benzene rings is 1. The molecule has 0 atom stereocenters. The van der Waals surface area contributed by atoms with Crippen molar-refractivity contribution in [3.63, 3.8) is 0 Å². The maximum atomic E-state index is 11.8. The second kappa shape index (κ2) is 5.68. The van der Waals surface area contributed by atoms with Crippen molar-refractivity contribution in [3.05, 3.63) is 76.1 Å². The first-order valence-electron chi connectivity index (χ1n) is 5.55. The van der Waals surface area contributed by atoms with E-state index in [-0.39, 0.29) is 11.5 Å². The zero-order chi connectivity index (χ0) is 13.7. The number of nitro groups is 1. The summed E-state index contributed by atoms with van der Waals surface area (Å²) in [6.45, 7) is 0. The fourth-order valence-electron chi connectivity index (χ4n) is 1.51. The molecule has 0 unspecified atom stereocenters. The average molecular weight is 254 g/mol. The van der Waals surface area contributed by atoms with Gasteiger partial charge in [-0.15, -0.1) is 0 Å². The fraction of sp³-hybridized carbons (Fsp3) is 0. The van der Waals surface area contributed by atoms with E-state index in [0.29, 0.717) is 11.3 Å². The molecule has 1 aromatic heterocycles. The molecule has 0 amide bonds. The van der Waals surface area contributed by atoms with Crippen LogP contribution in [0.15, 0.2) is 54.7 Å². The highest BCUT2D eigenvalue weighted by Gasteiger charge is 2.05. The Morgan fingerprint density at radius 2 is 2.05 bits per heavy atom. The number of carbonyl (C=O) groups excluding carboxylic acids is 1. The van der Waals surface area contributed by atoms with Crippen LogP contribution in [0.4, 0.5) is 5.69 Å². The molecular formula is C14H10N2O3. The number of rotatable bonds is 4. The van der Waals surface area contributed by atoms with E-state index in [2.05, 4.69) is 4.98 Å². The molecule has 0 aliphatic carbocycles. The number of hydrogen-bond acceptors (Lipinski definition) is 4. The summed E-state index contributed by atoms with van der Waals surface area (Å²) in [6, 6.07) is 11.1. The zero-order valence-corrected chi connectivity index (χ0v) is 9.89. The molecule has 1 heterocycles.